The summed E-state index contributed by atoms with van der Waals surface area (Å²) in [5.41, 5.74) is 7.14. The molecule has 0 aliphatic rings. The molecular weight excluding hydrogens is 422 g/mol. The molecule has 176 valence electrons. The Morgan fingerprint density at radius 2 is 0.657 bits per heavy atom. The fraction of sp³-hybridized carbons (Fsp3) is 0.118. The van der Waals surface area contributed by atoms with Gasteiger partial charge in [0.2, 0.25) is 0 Å². The molecule has 0 aliphatic carbocycles. The van der Waals surface area contributed by atoms with E-state index in [0.29, 0.717) is 0 Å². The summed E-state index contributed by atoms with van der Waals surface area (Å²) < 4.78 is 0. The molecule has 4 aromatic carbocycles. The van der Waals surface area contributed by atoms with Crippen LogP contribution in [0.1, 0.15) is 47.2 Å². The minimum Gasteiger partial charge on any atom is -0.317 e. The molecule has 0 amide bonds. The van der Waals surface area contributed by atoms with Gasteiger partial charge in [-0.25, -0.2) is 0 Å². The van der Waals surface area contributed by atoms with Crippen LogP contribution in [-0.2, 0) is 0 Å². The minimum atomic E-state index is 1.09. The predicted molar refractivity (Wildman–Crippen MR) is 157 cm³/mol. The van der Waals surface area contributed by atoms with Gasteiger partial charge in [-0.3, -0.25) is 0 Å². The highest BCUT2D eigenvalue weighted by atomic mass is 14.8. The van der Waals surface area contributed by atoms with Gasteiger partial charge in [-0.1, -0.05) is 141 Å². The van der Waals surface area contributed by atoms with Crippen LogP contribution in [0.4, 0.5) is 0 Å². The van der Waals surface area contributed by atoms with Gasteiger partial charge in [-0.15, -0.1) is 0 Å². The van der Waals surface area contributed by atoms with E-state index in [2.05, 4.69) is 147 Å². The van der Waals surface area contributed by atoms with Gasteiger partial charge >= 0.3 is 0 Å². The lowest BCUT2D eigenvalue weighted by Crippen LogP contribution is -2.09. The van der Waals surface area contributed by atoms with E-state index < -0.39 is 0 Å². The van der Waals surface area contributed by atoms with Gasteiger partial charge in [0.15, 0.2) is 0 Å². The summed E-state index contributed by atoms with van der Waals surface area (Å²) in [6.07, 6.45) is 13.0. The molecule has 0 aliphatic heterocycles. The predicted octanol–water partition coefficient (Wildman–Crippen LogP) is 8.81. The van der Waals surface area contributed by atoms with Crippen molar-refractivity contribution < 1.29 is 0 Å². The molecule has 0 bridgehead atoms. The number of benzene rings is 4. The zero-order chi connectivity index (χ0) is 24.6. The SMILES string of the molecule is C(=Cc1cc(C=Cc2ccccc2)cc(C=Cc2ccccc2)c1)c1ccccc1.CCNCC. The van der Waals surface area contributed by atoms with Crippen LogP contribution in [0.25, 0.3) is 36.5 Å². The van der Waals surface area contributed by atoms with E-state index in [1.807, 2.05) is 18.2 Å². The Morgan fingerprint density at radius 3 is 0.886 bits per heavy atom. The molecule has 4 rings (SSSR count). The Hall–Kier alpha value is -3.94. The number of rotatable bonds is 8. The molecule has 0 aromatic heterocycles. The molecule has 0 atom stereocenters. The lowest BCUT2D eigenvalue weighted by atomic mass is 10.0. The van der Waals surface area contributed by atoms with Crippen molar-refractivity contribution in [3.8, 4) is 0 Å². The molecule has 0 heterocycles. The van der Waals surface area contributed by atoms with Crippen molar-refractivity contribution in [3.63, 3.8) is 0 Å². The normalized spacial score (nSPS) is 11.1. The first-order valence-corrected chi connectivity index (χ1v) is 12.3. The van der Waals surface area contributed by atoms with Gasteiger partial charge in [0.25, 0.3) is 0 Å². The van der Waals surface area contributed by atoms with Crippen LogP contribution in [0.15, 0.2) is 109 Å². The van der Waals surface area contributed by atoms with E-state index in [1.165, 1.54) is 33.4 Å². The van der Waals surface area contributed by atoms with E-state index in [4.69, 9.17) is 0 Å². The summed E-state index contributed by atoms with van der Waals surface area (Å²) >= 11 is 0. The monoisotopic (exact) mass is 457 g/mol. The molecule has 0 radical (unpaired) electrons. The van der Waals surface area contributed by atoms with Crippen LogP contribution in [0.5, 0.6) is 0 Å². The first-order chi connectivity index (χ1) is 17.3. The van der Waals surface area contributed by atoms with Gasteiger partial charge in [0.05, 0.1) is 0 Å². The molecule has 0 unspecified atom stereocenters. The fourth-order valence-electron chi connectivity index (χ4n) is 3.51. The van der Waals surface area contributed by atoms with Gasteiger partial charge in [0.1, 0.15) is 0 Å². The first-order valence-electron chi connectivity index (χ1n) is 12.3. The van der Waals surface area contributed by atoms with Crippen LogP contribution in [0.3, 0.4) is 0 Å². The van der Waals surface area contributed by atoms with Crippen LogP contribution >= 0.6 is 0 Å². The molecule has 1 nitrogen and oxygen atoms in total. The van der Waals surface area contributed by atoms with Crippen LogP contribution in [0, 0.1) is 0 Å². The Bertz CT molecular complexity index is 1040. The average Bonchev–Trinajstić information content (AvgIpc) is 2.92. The van der Waals surface area contributed by atoms with E-state index in [-0.39, 0.29) is 0 Å². The zero-order valence-electron chi connectivity index (χ0n) is 20.8. The molecule has 35 heavy (non-hydrogen) atoms. The van der Waals surface area contributed by atoms with Crippen molar-refractivity contribution in [3.05, 3.63) is 143 Å². The van der Waals surface area contributed by atoms with Crippen molar-refractivity contribution in [1.82, 2.24) is 5.32 Å². The summed E-state index contributed by atoms with van der Waals surface area (Å²) in [6, 6.07) is 37.9. The topological polar surface area (TPSA) is 12.0 Å². The summed E-state index contributed by atoms with van der Waals surface area (Å²) in [4.78, 5) is 0. The largest absolute Gasteiger partial charge is 0.317 e. The van der Waals surface area contributed by atoms with E-state index in [1.54, 1.807) is 0 Å². The molecule has 0 saturated heterocycles. The van der Waals surface area contributed by atoms with E-state index in [9.17, 15) is 0 Å². The highest BCUT2D eigenvalue weighted by molar-refractivity contribution is 5.78. The van der Waals surface area contributed by atoms with Crippen molar-refractivity contribution in [2.45, 2.75) is 13.8 Å². The van der Waals surface area contributed by atoms with Gasteiger partial charge in [-0.2, -0.15) is 0 Å². The third kappa shape index (κ3) is 9.83. The van der Waals surface area contributed by atoms with Crippen LogP contribution in [0.2, 0.25) is 0 Å². The molecule has 0 spiro atoms. The third-order valence-corrected chi connectivity index (χ3v) is 5.30. The zero-order valence-corrected chi connectivity index (χ0v) is 20.8. The average molecular weight is 458 g/mol. The lowest BCUT2D eigenvalue weighted by molar-refractivity contribution is 0.762. The second-order valence-electron chi connectivity index (χ2n) is 8.12. The minimum absolute atomic E-state index is 1.09. The Kier molecular flexibility index (Phi) is 11.0. The van der Waals surface area contributed by atoms with E-state index >= 15 is 0 Å². The van der Waals surface area contributed by atoms with Gasteiger partial charge in [0, 0.05) is 0 Å². The van der Waals surface area contributed by atoms with E-state index in [0.717, 1.165) is 13.1 Å². The summed E-state index contributed by atoms with van der Waals surface area (Å²) in [6.45, 7) is 6.39. The second kappa shape index (κ2) is 15.1. The third-order valence-electron chi connectivity index (χ3n) is 5.30. The smallest absolute Gasteiger partial charge is 0.00775 e. The Balaban J connectivity index is 0.000000623. The first kappa shape index (κ1) is 25.7. The van der Waals surface area contributed by atoms with Crippen molar-refractivity contribution in [1.29, 1.82) is 0 Å². The Morgan fingerprint density at radius 1 is 0.400 bits per heavy atom. The standard InChI is InChI=1S/C30H24.C4H11N/c1-4-10-25(11-5-1)16-19-28-22-29(20-17-26-12-6-2-7-13-26)24-30(23-28)21-18-27-14-8-3-9-15-27;1-3-5-4-2/h1-24H;5H,3-4H2,1-2H3. The number of nitrogens with one attached hydrogen (secondary N) is 1. The summed E-state index contributed by atoms with van der Waals surface area (Å²) in [5.74, 6) is 0. The maximum atomic E-state index is 3.11. The molecule has 0 saturated carbocycles. The van der Waals surface area contributed by atoms with Crippen molar-refractivity contribution in [2.75, 3.05) is 13.1 Å². The molecular formula is C34H35N. The van der Waals surface area contributed by atoms with Crippen molar-refractivity contribution >= 4 is 36.5 Å². The van der Waals surface area contributed by atoms with Gasteiger partial charge in [-0.05, 0) is 64.7 Å². The molecule has 4 aromatic rings. The quantitative estimate of drug-likeness (QED) is 0.261. The van der Waals surface area contributed by atoms with Gasteiger partial charge < -0.3 is 5.32 Å². The maximum absolute atomic E-state index is 3.11. The summed E-state index contributed by atoms with van der Waals surface area (Å²) in [5, 5.41) is 3.11. The van der Waals surface area contributed by atoms with Crippen molar-refractivity contribution in [2.24, 2.45) is 0 Å². The fourth-order valence-corrected chi connectivity index (χ4v) is 3.51. The molecule has 1 heteroatoms. The Labute approximate surface area is 211 Å². The van der Waals surface area contributed by atoms with Crippen LogP contribution in [-0.4, -0.2) is 13.1 Å². The number of hydrogen-bond acceptors (Lipinski definition) is 1. The molecule has 0 fully saturated rings. The molecule has 1 N–H and O–H groups in total. The second-order valence-corrected chi connectivity index (χ2v) is 8.12. The highest BCUT2D eigenvalue weighted by Crippen LogP contribution is 2.18. The van der Waals surface area contributed by atoms with Crippen LogP contribution < -0.4 is 5.32 Å². The highest BCUT2D eigenvalue weighted by Gasteiger charge is 1.97. The summed E-state index contributed by atoms with van der Waals surface area (Å²) in [7, 11) is 0. The lowest BCUT2D eigenvalue weighted by Gasteiger charge is -2.03. The number of hydrogen-bond donors (Lipinski definition) is 1. The maximum Gasteiger partial charge on any atom is -0.00775 e.